The lowest BCUT2D eigenvalue weighted by molar-refractivity contribution is -0.118. The number of benzene rings is 1. The Hall–Kier alpha value is -2.41. The SMILES string of the molecule is CCNC(=O)c1c(NC(=O)COc2ccccc2F)sc2c1CCCC2. The smallest absolute Gasteiger partial charge is 0.262 e. The summed E-state index contributed by atoms with van der Waals surface area (Å²) in [5.74, 6) is -1.08. The van der Waals surface area contributed by atoms with Crippen LogP contribution in [0.4, 0.5) is 9.39 Å². The van der Waals surface area contributed by atoms with Gasteiger partial charge in [-0.05, 0) is 50.3 Å². The highest BCUT2D eigenvalue weighted by atomic mass is 32.1. The highest BCUT2D eigenvalue weighted by molar-refractivity contribution is 7.17. The first-order valence-corrected chi connectivity index (χ1v) is 9.51. The Morgan fingerprint density at radius 3 is 2.77 bits per heavy atom. The molecule has 138 valence electrons. The lowest BCUT2D eigenvalue weighted by atomic mass is 9.95. The molecule has 1 heterocycles. The molecule has 0 aliphatic heterocycles. The summed E-state index contributed by atoms with van der Waals surface area (Å²) in [5.41, 5.74) is 1.60. The minimum Gasteiger partial charge on any atom is -0.481 e. The summed E-state index contributed by atoms with van der Waals surface area (Å²) in [4.78, 5) is 25.9. The number of ether oxygens (including phenoxy) is 1. The van der Waals surface area contributed by atoms with Crippen molar-refractivity contribution >= 4 is 28.2 Å². The number of aryl methyl sites for hydroxylation is 1. The van der Waals surface area contributed by atoms with Crippen molar-refractivity contribution in [3.63, 3.8) is 0 Å². The van der Waals surface area contributed by atoms with Gasteiger partial charge in [-0.2, -0.15) is 0 Å². The summed E-state index contributed by atoms with van der Waals surface area (Å²) < 4.78 is 18.8. The molecule has 3 rings (SSSR count). The molecule has 0 saturated heterocycles. The van der Waals surface area contributed by atoms with Crippen molar-refractivity contribution in [3.8, 4) is 5.75 Å². The van der Waals surface area contributed by atoms with E-state index in [1.807, 2.05) is 6.92 Å². The molecule has 1 aliphatic rings. The Bertz CT molecular complexity index is 819. The summed E-state index contributed by atoms with van der Waals surface area (Å²) in [6, 6.07) is 5.92. The number of carbonyl (C=O) groups is 2. The third kappa shape index (κ3) is 4.04. The number of anilines is 1. The van der Waals surface area contributed by atoms with Crippen LogP contribution in [0.2, 0.25) is 0 Å². The van der Waals surface area contributed by atoms with Gasteiger partial charge in [-0.1, -0.05) is 12.1 Å². The second kappa shape index (κ2) is 8.31. The molecule has 2 N–H and O–H groups in total. The fourth-order valence-corrected chi connectivity index (χ4v) is 4.31. The van der Waals surface area contributed by atoms with Gasteiger partial charge in [0.15, 0.2) is 18.2 Å². The van der Waals surface area contributed by atoms with Crippen molar-refractivity contribution in [2.24, 2.45) is 0 Å². The third-order valence-corrected chi connectivity index (χ3v) is 5.39. The van der Waals surface area contributed by atoms with Crippen molar-refractivity contribution in [1.29, 1.82) is 0 Å². The van der Waals surface area contributed by atoms with Crippen LogP contribution in [0.5, 0.6) is 5.75 Å². The molecule has 0 atom stereocenters. The standard InChI is InChI=1S/C19H21FN2O3S/c1-2-21-18(24)17-12-7-3-6-10-15(12)26-19(17)22-16(23)11-25-14-9-5-4-8-13(14)20/h4-5,8-9H,2-3,6-7,10-11H2,1H3,(H,21,24)(H,22,23). The molecule has 7 heteroatoms. The normalized spacial score (nSPS) is 13.0. The second-order valence-electron chi connectivity index (χ2n) is 6.04. The molecule has 1 aromatic carbocycles. The monoisotopic (exact) mass is 376 g/mol. The van der Waals surface area contributed by atoms with E-state index in [-0.39, 0.29) is 18.3 Å². The predicted molar refractivity (Wildman–Crippen MR) is 99.5 cm³/mol. The lowest BCUT2D eigenvalue weighted by Gasteiger charge is -2.13. The Balaban J connectivity index is 1.74. The van der Waals surface area contributed by atoms with Crippen molar-refractivity contribution in [2.75, 3.05) is 18.5 Å². The van der Waals surface area contributed by atoms with Crippen molar-refractivity contribution in [2.45, 2.75) is 32.6 Å². The highest BCUT2D eigenvalue weighted by Gasteiger charge is 2.26. The number of carbonyl (C=O) groups excluding carboxylic acids is 2. The number of fused-ring (bicyclic) bond motifs is 1. The van der Waals surface area contributed by atoms with E-state index >= 15 is 0 Å². The summed E-state index contributed by atoms with van der Waals surface area (Å²) in [5, 5.41) is 6.13. The van der Waals surface area contributed by atoms with Gasteiger partial charge in [0.1, 0.15) is 5.00 Å². The first kappa shape index (κ1) is 18.4. The van der Waals surface area contributed by atoms with Gasteiger partial charge >= 0.3 is 0 Å². The van der Waals surface area contributed by atoms with Gasteiger partial charge < -0.3 is 15.4 Å². The van der Waals surface area contributed by atoms with E-state index in [0.29, 0.717) is 17.1 Å². The molecule has 0 spiro atoms. The van der Waals surface area contributed by atoms with E-state index in [9.17, 15) is 14.0 Å². The van der Waals surface area contributed by atoms with Crippen LogP contribution in [0.1, 0.15) is 40.6 Å². The van der Waals surface area contributed by atoms with Gasteiger partial charge in [0, 0.05) is 11.4 Å². The topological polar surface area (TPSA) is 67.4 Å². The molecule has 26 heavy (non-hydrogen) atoms. The fraction of sp³-hybridized carbons (Fsp3) is 0.368. The van der Waals surface area contributed by atoms with E-state index in [1.165, 1.54) is 23.5 Å². The quantitative estimate of drug-likeness (QED) is 0.810. The van der Waals surface area contributed by atoms with Crippen LogP contribution in [0.3, 0.4) is 0 Å². The van der Waals surface area contributed by atoms with E-state index in [0.717, 1.165) is 36.1 Å². The molecule has 0 radical (unpaired) electrons. The van der Waals surface area contributed by atoms with Gasteiger partial charge in [-0.25, -0.2) is 4.39 Å². The van der Waals surface area contributed by atoms with Crippen LogP contribution in [-0.4, -0.2) is 25.0 Å². The zero-order chi connectivity index (χ0) is 18.5. The number of halogens is 1. The largest absolute Gasteiger partial charge is 0.481 e. The predicted octanol–water partition coefficient (Wildman–Crippen LogP) is 3.53. The van der Waals surface area contributed by atoms with Gasteiger partial charge in [0.05, 0.1) is 5.56 Å². The third-order valence-electron chi connectivity index (χ3n) is 4.18. The summed E-state index contributed by atoms with van der Waals surface area (Å²) in [6.45, 7) is 2.06. The Kier molecular flexibility index (Phi) is 5.88. The number of para-hydroxylation sites is 1. The Morgan fingerprint density at radius 2 is 2.00 bits per heavy atom. The molecule has 0 fully saturated rings. The van der Waals surface area contributed by atoms with E-state index in [2.05, 4.69) is 10.6 Å². The minimum atomic E-state index is -0.519. The fourth-order valence-electron chi connectivity index (χ4n) is 3.01. The molecular weight excluding hydrogens is 355 g/mol. The zero-order valence-corrected chi connectivity index (χ0v) is 15.4. The molecule has 0 saturated carbocycles. The number of hydrogen-bond donors (Lipinski definition) is 2. The summed E-state index contributed by atoms with van der Waals surface area (Å²) >= 11 is 1.45. The first-order chi connectivity index (χ1) is 12.6. The number of amides is 2. The maximum atomic E-state index is 13.6. The van der Waals surface area contributed by atoms with Crippen LogP contribution in [0.15, 0.2) is 24.3 Å². The zero-order valence-electron chi connectivity index (χ0n) is 14.6. The maximum absolute atomic E-state index is 13.6. The highest BCUT2D eigenvalue weighted by Crippen LogP contribution is 2.38. The lowest BCUT2D eigenvalue weighted by Crippen LogP contribution is -2.26. The summed E-state index contributed by atoms with van der Waals surface area (Å²) in [6.07, 6.45) is 3.90. The average Bonchev–Trinajstić information content (AvgIpc) is 2.99. The van der Waals surface area contributed by atoms with Crippen LogP contribution >= 0.6 is 11.3 Å². The van der Waals surface area contributed by atoms with E-state index in [4.69, 9.17) is 4.74 Å². The minimum absolute atomic E-state index is 0.0251. The second-order valence-corrected chi connectivity index (χ2v) is 7.15. The number of hydrogen-bond acceptors (Lipinski definition) is 4. The number of nitrogens with one attached hydrogen (secondary N) is 2. The van der Waals surface area contributed by atoms with E-state index < -0.39 is 11.7 Å². The molecule has 2 amide bonds. The van der Waals surface area contributed by atoms with Gasteiger partial charge in [-0.15, -0.1) is 11.3 Å². The van der Waals surface area contributed by atoms with Crippen LogP contribution in [0.25, 0.3) is 0 Å². The van der Waals surface area contributed by atoms with Gasteiger partial charge in [-0.3, -0.25) is 9.59 Å². The number of rotatable bonds is 6. The van der Waals surface area contributed by atoms with Crippen LogP contribution in [-0.2, 0) is 17.6 Å². The van der Waals surface area contributed by atoms with Crippen molar-refractivity contribution in [1.82, 2.24) is 5.32 Å². The Labute approximate surface area is 155 Å². The van der Waals surface area contributed by atoms with Crippen molar-refractivity contribution in [3.05, 3.63) is 46.1 Å². The van der Waals surface area contributed by atoms with E-state index in [1.54, 1.807) is 12.1 Å². The first-order valence-electron chi connectivity index (χ1n) is 8.70. The molecule has 1 aliphatic carbocycles. The van der Waals surface area contributed by atoms with Gasteiger partial charge in [0.25, 0.3) is 11.8 Å². The maximum Gasteiger partial charge on any atom is 0.262 e. The molecule has 0 bridgehead atoms. The molecule has 2 aromatic rings. The van der Waals surface area contributed by atoms with Gasteiger partial charge in [0.2, 0.25) is 0 Å². The van der Waals surface area contributed by atoms with Crippen molar-refractivity contribution < 1.29 is 18.7 Å². The average molecular weight is 376 g/mol. The Morgan fingerprint density at radius 1 is 1.23 bits per heavy atom. The number of thiophene rings is 1. The molecule has 1 aromatic heterocycles. The molecular formula is C19H21FN2O3S. The van der Waals surface area contributed by atoms with Crippen LogP contribution in [0, 0.1) is 5.82 Å². The summed E-state index contributed by atoms with van der Waals surface area (Å²) in [7, 11) is 0. The molecule has 5 nitrogen and oxygen atoms in total. The molecule has 0 unspecified atom stereocenters. The van der Waals surface area contributed by atoms with Crippen LogP contribution < -0.4 is 15.4 Å².